The van der Waals surface area contributed by atoms with E-state index in [1.54, 1.807) is 11.6 Å². The van der Waals surface area contributed by atoms with Crippen LogP contribution in [0.25, 0.3) is 11.0 Å². The third-order valence-electron chi connectivity index (χ3n) is 5.73. The Hall–Kier alpha value is -2.86. The third-order valence-corrected chi connectivity index (χ3v) is 5.73. The first kappa shape index (κ1) is 18.5. The van der Waals surface area contributed by atoms with Gasteiger partial charge in [0.1, 0.15) is 6.54 Å². The summed E-state index contributed by atoms with van der Waals surface area (Å²) in [5.41, 5.74) is 4.24. The van der Waals surface area contributed by atoms with E-state index in [2.05, 4.69) is 41.4 Å². The van der Waals surface area contributed by atoms with Gasteiger partial charge in [0.15, 0.2) is 0 Å². The average molecular weight is 378 g/mol. The normalized spacial score (nSPS) is 15.4. The first-order chi connectivity index (χ1) is 13.5. The first-order valence-electron chi connectivity index (χ1n) is 9.76. The number of carbonyl (C=O) groups excluding carboxylic acids is 1. The number of nitrogens with zero attached hydrogens (tertiary/aromatic N) is 3. The first-order valence-corrected chi connectivity index (χ1v) is 9.76. The Kier molecular flexibility index (Phi) is 5.05. The fraction of sp³-hybridized carbons (Fsp3) is 0.364. The topological polar surface area (TPSA) is 59.3 Å². The molecule has 146 valence electrons. The maximum Gasteiger partial charge on any atom is 0.329 e. The molecule has 0 spiro atoms. The minimum absolute atomic E-state index is 0.0374. The van der Waals surface area contributed by atoms with Crippen LogP contribution in [0.1, 0.15) is 18.1 Å². The number of aromatic nitrogens is 2. The second-order valence-corrected chi connectivity index (χ2v) is 7.56. The molecule has 2 heterocycles. The highest BCUT2D eigenvalue weighted by Crippen LogP contribution is 2.20. The van der Waals surface area contributed by atoms with Crippen molar-refractivity contribution >= 4 is 16.9 Å². The fourth-order valence-corrected chi connectivity index (χ4v) is 4.00. The molecule has 0 radical (unpaired) electrons. The van der Waals surface area contributed by atoms with Crippen molar-refractivity contribution in [2.45, 2.75) is 32.5 Å². The second kappa shape index (κ2) is 7.64. The van der Waals surface area contributed by atoms with Gasteiger partial charge in [0, 0.05) is 32.7 Å². The van der Waals surface area contributed by atoms with Crippen LogP contribution in [0.15, 0.2) is 53.3 Å². The lowest BCUT2D eigenvalue weighted by atomic mass is 9.99. The van der Waals surface area contributed by atoms with E-state index < -0.39 is 0 Å². The van der Waals surface area contributed by atoms with Crippen LogP contribution in [-0.4, -0.2) is 39.1 Å². The summed E-state index contributed by atoms with van der Waals surface area (Å²) in [6.45, 7) is 4.65. The molecule has 0 saturated heterocycles. The zero-order chi connectivity index (χ0) is 19.7. The van der Waals surface area contributed by atoms with Gasteiger partial charge >= 0.3 is 5.69 Å². The molecule has 1 aliphatic rings. The van der Waals surface area contributed by atoms with E-state index in [1.165, 1.54) is 15.7 Å². The molecule has 1 aliphatic heterocycles. The molecule has 0 saturated carbocycles. The Labute approximate surface area is 164 Å². The van der Waals surface area contributed by atoms with Gasteiger partial charge in [-0.15, -0.1) is 0 Å². The Morgan fingerprint density at radius 3 is 2.54 bits per heavy atom. The van der Waals surface area contributed by atoms with E-state index in [0.29, 0.717) is 6.54 Å². The molecule has 1 aromatic heterocycles. The van der Waals surface area contributed by atoms with Crippen molar-refractivity contribution in [1.82, 2.24) is 19.4 Å². The largest absolute Gasteiger partial charge is 0.353 e. The summed E-state index contributed by atoms with van der Waals surface area (Å²) in [5.74, 6) is -0.136. The predicted molar refractivity (Wildman–Crippen MR) is 110 cm³/mol. The summed E-state index contributed by atoms with van der Waals surface area (Å²) in [6.07, 6.45) is 1.04. The summed E-state index contributed by atoms with van der Waals surface area (Å²) in [4.78, 5) is 27.4. The van der Waals surface area contributed by atoms with E-state index in [4.69, 9.17) is 0 Å². The molecule has 1 unspecified atom stereocenters. The van der Waals surface area contributed by atoms with E-state index in [0.717, 1.165) is 30.5 Å². The minimum atomic E-state index is -0.169. The van der Waals surface area contributed by atoms with E-state index in [-0.39, 0.29) is 24.2 Å². The maximum absolute atomic E-state index is 12.5. The van der Waals surface area contributed by atoms with Crippen LogP contribution in [0.4, 0.5) is 0 Å². The predicted octanol–water partition coefficient (Wildman–Crippen LogP) is 1.90. The Morgan fingerprint density at radius 1 is 1.07 bits per heavy atom. The Balaban J connectivity index is 1.38. The van der Waals surface area contributed by atoms with E-state index in [1.807, 2.05) is 24.3 Å². The zero-order valence-electron chi connectivity index (χ0n) is 16.4. The minimum Gasteiger partial charge on any atom is -0.353 e. The van der Waals surface area contributed by atoms with Crippen molar-refractivity contribution in [3.05, 3.63) is 70.1 Å². The summed E-state index contributed by atoms with van der Waals surface area (Å²) in [5, 5.41) is 3.00. The van der Waals surface area contributed by atoms with Crippen molar-refractivity contribution in [1.29, 1.82) is 0 Å². The van der Waals surface area contributed by atoms with Crippen LogP contribution in [-0.2, 0) is 31.4 Å². The lowest BCUT2D eigenvalue weighted by molar-refractivity contribution is -0.121. The molecule has 0 fully saturated rings. The summed E-state index contributed by atoms with van der Waals surface area (Å²) < 4.78 is 3.11. The highest BCUT2D eigenvalue weighted by atomic mass is 16.2. The number of benzene rings is 2. The molecule has 28 heavy (non-hydrogen) atoms. The SMILES string of the molecule is CC(CNC(=O)Cn1c(=O)n(C)c2ccccc21)N1CCc2ccccc2C1. The molecule has 2 aromatic carbocycles. The van der Waals surface area contributed by atoms with Crippen LogP contribution in [0, 0.1) is 0 Å². The Bertz CT molecular complexity index is 1070. The molecule has 6 heteroatoms. The zero-order valence-corrected chi connectivity index (χ0v) is 16.4. The number of hydrogen-bond acceptors (Lipinski definition) is 3. The van der Waals surface area contributed by atoms with Crippen molar-refractivity contribution < 1.29 is 4.79 Å². The van der Waals surface area contributed by atoms with Gasteiger partial charge in [-0.25, -0.2) is 4.79 Å². The molecule has 4 rings (SSSR count). The van der Waals surface area contributed by atoms with Crippen LogP contribution < -0.4 is 11.0 Å². The van der Waals surface area contributed by atoms with Crippen LogP contribution in [0.2, 0.25) is 0 Å². The maximum atomic E-state index is 12.5. The number of amides is 1. The van der Waals surface area contributed by atoms with Crippen LogP contribution in [0.5, 0.6) is 0 Å². The summed E-state index contributed by atoms with van der Waals surface area (Å²) >= 11 is 0. The highest BCUT2D eigenvalue weighted by molar-refractivity contribution is 5.80. The molecule has 1 N–H and O–H groups in total. The number of fused-ring (bicyclic) bond motifs is 2. The molecule has 1 atom stereocenters. The lowest BCUT2D eigenvalue weighted by Crippen LogP contribution is -2.45. The molecular formula is C22H26N4O2. The van der Waals surface area contributed by atoms with Crippen molar-refractivity contribution in [3.8, 4) is 0 Å². The van der Waals surface area contributed by atoms with Crippen molar-refractivity contribution in [2.75, 3.05) is 13.1 Å². The van der Waals surface area contributed by atoms with Crippen LogP contribution in [0.3, 0.4) is 0 Å². The third kappa shape index (κ3) is 3.47. The number of imidazole rings is 1. The second-order valence-electron chi connectivity index (χ2n) is 7.56. The number of nitrogens with one attached hydrogen (secondary N) is 1. The monoisotopic (exact) mass is 378 g/mol. The fourth-order valence-electron chi connectivity index (χ4n) is 4.00. The van der Waals surface area contributed by atoms with E-state index in [9.17, 15) is 9.59 Å². The van der Waals surface area contributed by atoms with Gasteiger partial charge in [-0.2, -0.15) is 0 Å². The van der Waals surface area contributed by atoms with Crippen molar-refractivity contribution in [3.63, 3.8) is 0 Å². The quantitative estimate of drug-likeness (QED) is 0.738. The van der Waals surface area contributed by atoms with Gasteiger partial charge < -0.3 is 5.32 Å². The number of rotatable bonds is 5. The lowest BCUT2D eigenvalue weighted by Gasteiger charge is -2.33. The molecule has 0 aliphatic carbocycles. The van der Waals surface area contributed by atoms with Crippen LogP contribution >= 0.6 is 0 Å². The molecule has 6 nitrogen and oxygen atoms in total. The molecule has 0 bridgehead atoms. The summed E-state index contributed by atoms with van der Waals surface area (Å²) in [7, 11) is 1.73. The van der Waals surface area contributed by atoms with Gasteiger partial charge in [-0.05, 0) is 36.6 Å². The average Bonchev–Trinajstić information content (AvgIpc) is 2.96. The van der Waals surface area contributed by atoms with Gasteiger partial charge in [0.05, 0.1) is 11.0 Å². The van der Waals surface area contributed by atoms with Gasteiger partial charge in [0.25, 0.3) is 0 Å². The van der Waals surface area contributed by atoms with Gasteiger partial charge in [0.2, 0.25) is 5.91 Å². The Morgan fingerprint density at radius 2 is 1.75 bits per heavy atom. The number of para-hydroxylation sites is 2. The van der Waals surface area contributed by atoms with Gasteiger partial charge in [-0.3, -0.25) is 18.8 Å². The number of aryl methyl sites for hydroxylation is 1. The van der Waals surface area contributed by atoms with Crippen molar-refractivity contribution in [2.24, 2.45) is 7.05 Å². The van der Waals surface area contributed by atoms with Gasteiger partial charge in [-0.1, -0.05) is 36.4 Å². The number of hydrogen-bond donors (Lipinski definition) is 1. The molecular weight excluding hydrogens is 352 g/mol. The smallest absolute Gasteiger partial charge is 0.329 e. The standard InChI is InChI=1S/C22H26N4O2/c1-16(25-12-11-17-7-3-4-8-18(17)14-25)13-23-21(27)15-26-20-10-6-5-9-19(20)24(2)22(26)28/h3-10,16H,11-15H2,1-2H3,(H,23,27). The highest BCUT2D eigenvalue weighted by Gasteiger charge is 2.21. The molecule has 1 amide bonds. The summed E-state index contributed by atoms with van der Waals surface area (Å²) in [6, 6.07) is 16.3. The molecule has 3 aromatic rings. The van der Waals surface area contributed by atoms with E-state index >= 15 is 0 Å². The number of carbonyl (C=O) groups is 1.